The Balaban J connectivity index is 1.98. The van der Waals surface area contributed by atoms with Crippen molar-refractivity contribution in [2.75, 3.05) is 26.6 Å². The fourth-order valence-corrected chi connectivity index (χ4v) is 5.02. The minimum atomic E-state index is -0.236. The molecule has 4 heteroatoms. The molecule has 1 aromatic heterocycles. The molecule has 3 atom stereocenters. The smallest absolute Gasteiger partial charge is 0.109 e. The predicted molar refractivity (Wildman–Crippen MR) is 90.6 cm³/mol. The molecule has 1 aliphatic heterocycles. The molecule has 4 rings (SSSR count). The number of rotatable bonds is 2. The molecule has 1 fully saturated rings. The van der Waals surface area contributed by atoms with Gasteiger partial charge in [-0.15, -0.1) is 11.6 Å². The van der Waals surface area contributed by atoms with Crippen LogP contribution in [0.5, 0.6) is 0 Å². The van der Waals surface area contributed by atoms with Gasteiger partial charge in [0.15, 0.2) is 0 Å². The lowest BCUT2D eigenvalue weighted by atomic mass is 9.69. The Morgan fingerprint density at radius 1 is 1.36 bits per heavy atom. The maximum absolute atomic E-state index is 6.23. The van der Waals surface area contributed by atoms with Gasteiger partial charge in [-0.25, -0.2) is 0 Å². The topological polar surface area (TPSA) is 17.4 Å². The van der Waals surface area contributed by atoms with E-state index < -0.39 is 0 Å². The number of likely N-dealkylation sites (N-methyl/N-ethyl adjacent to an activating group) is 1. The molecule has 0 amide bonds. The molecular formula is C18H23ClN2O. The van der Waals surface area contributed by atoms with E-state index in [4.69, 9.17) is 16.3 Å². The van der Waals surface area contributed by atoms with Gasteiger partial charge in [0.1, 0.15) is 5.60 Å². The zero-order valence-corrected chi connectivity index (χ0v) is 14.2. The molecule has 22 heavy (non-hydrogen) atoms. The predicted octanol–water partition coefficient (Wildman–Crippen LogP) is 3.14. The minimum absolute atomic E-state index is 0.236. The van der Waals surface area contributed by atoms with E-state index in [0.717, 1.165) is 19.4 Å². The van der Waals surface area contributed by atoms with E-state index in [1.165, 1.54) is 22.0 Å². The number of alkyl halides is 1. The van der Waals surface area contributed by atoms with E-state index in [2.05, 4.69) is 48.0 Å². The van der Waals surface area contributed by atoms with Crippen LogP contribution >= 0.6 is 11.6 Å². The van der Waals surface area contributed by atoms with Crippen LogP contribution in [-0.2, 0) is 23.8 Å². The van der Waals surface area contributed by atoms with Gasteiger partial charge in [0.25, 0.3) is 0 Å². The molecule has 1 aliphatic carbocycles. The number of likely N-dealkylation sites (tertiary alicyclic amines) is 1. The summed E-state index contributed by atoms with van der Waals surface area (Å²) in [5.74, 6) is 1.17. The summed E-state index contributed by atoms with van der Waals surface area (Å²) < 4.78 is 8.48. The van der Waals surface area contributed by atoms with Crippen molar-refractivity contribution in [3.8, 4) is 0 Å². The second-order valence-electron chi connectivity index (χ2n) is 6.94. The highest BCUT2D eigenvalue weighted by molar-refractivity contribution is 6.18. The molecule has 118 valence electrons. The second-order valence-corrected chi connectivity index (χ2v) is 7.25. The van der Waals surface area contributed by atoms with Crippen LogP contribution in [0.1, 0.15) is 17.5 Å². The third-order valence-electron chi connectivity index (χ3n) is 5.75. The number of nitrogens with zero attached hydrogens (tertiary/aromatic N) is 2. The van der Waals surface area contributed by atoms with Gasteiger partial charge < -0.3 is 9.30 Å². The highest BCUT2D eigenvalue weighted by atomic mass is 35.5. The highest BCUT2D eigenvalue weighted by Crippen LogP contribution is 2.49. The van der Waals surface area contributed by atoms with E-state index in [-0.39, 0.29) is 5.60 Å². The number of aryl methyl sites for hydroxylation is 1. The third-order valence-corrected chi connectivity index (χ3v) is 6.19. The fraction of sp³-hybridized carbons (Fsp3) is 0.556. The van der Waals surface area contributed by atoms with Gasteiger partial charge in [-0.3, -0.25) is 4.90 Å². The summed E-state index contributed by atoms with van der Waals surface area (Å²) in [7, 11) is 6.21. The van der Waals surface area contributed by atoms with Crippen molar-refractivity contribution in [1.29, 1.82) is 0 Å². The van der Waals surface area contributed by atoms with Gasteiger partial charge in [0, 0.05) is 49.7 Å². The number of piperidine rings is 1. The number of halogens is 1. The zero-order valence-electron chi connectivity index (χ0n) is 13.5. The largest absolute Gasteiger partial charge is 0.372 e. The fourth-order valence-electron chi connectivity index (χ4n) is 4.82. The summed E-state index contributed by atoms with van der Waals surface area (Å²) in [5.41, 5.74) is 3.86. The molecular weight excluding hydrogens is 296 g/mol. The first-order chi connectivity index (χ1) is 10.6. The standard InChI is InChI=1S/C18H23ClN2O/c1-20-11-13-7-16-18(22-3,8-12(9-19)10-21(16)2)14-5-4-6-15(20)17(13)14/h4-6,11-12,16H,7-10H2,1-3H3/t12?,16-,18+/m1/s1. The molecule has 2 aromatic rings. The number of hydrogen-bond donors (Lipinski definition) is 0. The van der Waals surface area contributed by atoms with Gasteiger partial charge in [-0.05, 0) is 43.0 Å². The highest BCUT2D eigenvalue weighted by Gasteiger charge is 2.51. The third kappa shape index (κ3) is 1.76. The molecule has 2 aliphatic rings. The van der Waals surface area contributed by atoms with Crippen molar-refractivity contribution in [2.45, 2.75) is 24.5 Å². The quantitative estimate of drug-likeness (QED) is 0.792. The van der Waals surface area contributed by atoms with Gasteiger partial charge in [-0.1, -0.05) is 12.1 Å². The van der Waals surface area contributed by atoms with Gasteiger partial charge >= 0.3 is 0 Å². The lowest BCUT2D eigenvalue weighted by molar-refractivity contribution is -0.122. The Hall–Kier alpha value is -1.03. The number of fused-ring (bicyclic) bond motifs is 2. The maximum Gasteiger partial charge on any atom is 0.109 e. The number of hydrogen-bond acceptors (Lipinski definition) is 2. The first-order valence-corrected chi connectivity index (χ1v) is 8.53. The summed E-state index contributed by atoms with van der Waals surface area (Å²) in [4.78, 5) is 2.45. The average Bonchev–Trinajstić information content (AvgIpc) is 2.86. The van der Waals surface area contributed by atoms with Gasteiger partial charge in [0.2, 0.25) is 0 Å². The van der Waals surface area contributed by atoms with Crippen LogP contribution in [0.3, 0.4) is 0 Å². The van der Waals surface area contributed by atoms with Crippen molar-refractivity contribution in [3.05, 3.63) is 35.5 Å². The lowest BCUT2D eigenvalue weighted by Crippen LogP contribution is -2.59. The van der Waals surface area contributed by atoms with Crippen LogP contribution in [0.25, 0.3) is 10.9 Å². The Bertz CT molecular complexity index is 725. The van der Waals surface area contributed by atoms with Crippen LogP contribution in [0.4, 0.5) is 0 Å². The van der Waals surface area contributed by atoms with Crippen molar-refractivity contribution in [3.63, 3.8) is 0 Å². The van der Waals surface area contributed by atoms with Crippen molar-refractivity contribution in [1.82, 2.24) is 9.47 Å². The molecule has 0 N–H and O–H groups in total. The molecule has 3 nitrogen and oxygen atoms in total. The number of aromatic nitrogens is 1. The van der Waals surface area contributed by atoms with Crippen LogP contribution < -0.4 is 0 Å². The van der Waals surface area contributed by atoms with E-state index >= 15 is 0 Å². The lowest BCUT2D eigenvalue weighted by Gasteiger charge is -2.52. The second kappa shape index (κ2) is 4.98. The minimum Gasteiger partial charge on any atom is -0.372 e. The summed E-state index contributed by atoms with van der Waals surface area (Å²) in [6, 6.07) is 7.01. The number of methoxy groups -OCH3 is 1. The first-order valence-electron chi connectivity index (χ1n) is 7.99. The summed E-state index contributed by atoms with van der Waals surface area (Å²) in [6.45, 7) is 1.05. The molecule has 0 spiro atoms. The summed E-state index contributed by atoms with van der Waals surface area (Å²) >= 11 is 6.22. The van der Waals surface area contributed by atoms with Crippen LogP contribution in [0.2, 0.25) is 0 Å². The molecule has 1 unspecified atom stereocenters. The Kier molecular flexibility index (Phi) is 3.30. The summed E-state index contributed by atoms with van der Waals surface area (Å²) in [5, 5.41) is 1.40. The van der Waals surface area contributed by atoms with E-state index in [1.54, 1.807) is 0 Å². The molecule has 1 saturated heterocycles. The SMILES string of the molecule is CO[C@]12CC(CCl)CN(C)[C@@H]1Cc1cn(C)c3cccc2c13. The molecule has 0 bridgehead atoms. The van der Waals surface area contributed by atoms with Crippen molar-refractivity contribution in [2.24, 2.45) is 13.0 Å². The van der Waals surface area contributed by atoms with Crippen LogP contribution in [0, 0.1) is 5.92 Å². The van der Waals surface area contributed by atoms with E-state index in [0.29, 0.717) is 17.8 Å². The number of benzene rings is 1. The average molecular weight is 319 g/mol. The van der Waals surface area contributed by atoms with E-state index in [9.17, 15) is 0 Å². The van der Waals surface area contributed by atoms with Crippen LogP contribution in [0.15, 0.2) is 24.4 Å². The molecule has 1 aromatic carbocycles. The van der Waals surface area contributed by atoms with Crippen LogP contribution in [-0.4, -0.2) is 42.1 Å². The van der Waals surface area contributed by atoms with Gasteiger partial charge in [0.05, 0.1) is 0 Å². The van der Waals surface area contributed by atoms with Crippen molar-refractivity contribution < 1.29 is 4.74 Å². The first kappa shape index (κ1) is 14.6. The Labute approximate surface area is 136 Å². The maximum atomic E-state index is 6.23. The van der Waals surface area contributed by atoms with Gasteiger partial charge in [-0.2, -0.15) is 0 Å². The monoisotopic (exact) mass is 318 g/mol. The van der Waals surface area contributed by atoms with Crippen molar-refractivity contribution >= 4 is 22.5 Å². The number of ether oxygens (including phenoxy) is 1. The summed E-state index contributed by atoms with van der Waals surface area (Å²) in [6.07, 6.45) is 4.35. The Morgan fingerprint density at radius 2 is 2.18 bits per heavy atom. The normalized spacial score (nSPS) is 31.5. The molecule has 2 heterocycles. The Morgan fingerprint density at radius 3 is 2.91 bits per heavy atom. The zero-order chi connectivity index (χ0) is 15.5. The molecule has 0 radical (unpaired) electrons. The van der Waals surface area contributed by atoms with E-state index in [1.807, 2.05) is 7.11 Å². The molecule has 0 saturated carbocycles.